The van der Waals surface area contributed by atoms with Gasteiger partial charge >= 0.3 is 0 Å². The Balaban J connectivity index is 2.56. The van der Waals surface area contributed by atoms with Crippen molar-refractivity contribution in [2.24, 2.45) is 0 Å². The molecule has 1 rings (SSSR count). The van der Waals surface area contributed by atoms with Crippen LogP contribution < -0.4 is 5.32 Å². The van der Waals surface area contributed by atoms with Gasteiger partial charge < -0.3 is 5.32 Å². The lowest BCUT2D eigenvalue weighted by molar-refractivity contribution is 0.549. The highest BCUT2D eigenvalue weighted by Crippen LogP contribution is 2.17. The van der Waals surface area contributed by atoms with Crippen molar-refractivity contribution in [1.29, 1.82) is 0 Å². The number of hydrogen-bond acceptors (Lipinski definition) is 1. The molecule has 0 aliphatic rings. The van der Waals surface area contributed by atoms with Crippen LogP contribution in [0.5, 0.6) is 0 Å². The fourth-order valence-corrected chi connectivity index (χ4v) is 1.68. The van der Waals surface area contributed by atoms with E-state index in [-0.39, 0.29) is 5.82 Å². The Morgan fingerprint density at radius 2 is 2.33 bits per heavy atom. The maximum absolute atomic E-state index is 13.0. The van der Waals surface area contributed by atoms with E-state index in [2.05, 4.69) is 34.7 Å². The molecule has 0 amide bonds. The minimum atomic E-state index is -0.202. The third-order valence-electron chi connectivity index (χ3n) is 2.17. The molecule has 0 saturated carbocycles. The molecule has 0 spiro atoms. The molecule has 82 valence electrons. The number of halogens is 2. The van der Waals surface area contributed by atoms with Crippen LogP contribution in [0.3, 0.4) is 0 Å². The van der Waals surface area contributed by atoms with E-state index in [0.29, 0.717) is 12.6 Å². The smallest absolute Gasteiger partial charge is 0.123 e. The first kappa shape index (κ1) is 12.4. The molecule has 0 saturated heterocycles. The first-order valence-electron chi connectivity index (χ1n) is 4.91. The van der Waals surface area contributed by atoms with E-state index in [4.69, 9.17) is 0 Å². The molecule has 0 aliphatic heterocycles. The van der Waals surface area contributed by atoms with E-state index in [9.17, 15) is 4.39 Å². The Kier molecular flexibility index (Phi) is 4.99. The van der Waals surface area contributed by atoms with E-state index in [1.807, 2.05) is 6.08 Å². The zero-order chi connectivity index (χ0) is 11.3. The largest absolute Gasteiger partial charge is 0.310 e. The zero-order valence-corrected chi connectivity index (χ0v) is 10.3. The molecule has 0 bridgehead atoms. The van der Waals surface area contributed by atoms with Gasteiger partial charge in [-0.3, -0.25) is 0 Å². The molecule has 1 aromatic carbocycles. The zero-order valence-electron chi connectivity index (χ0n) is 8.76. The van der Waals surface area contributed by atoms with Crippen LogP contribution in [0.1, 0.15) is 18.9 Å². The molecular weight excluding hydrogens is 257 g/mol. The Hall–Kier alpha value is -0.670. The fourth-order valence-electron chi connectivity index (χ4n) is 1.30. The van der Waals surface area contributed by atoms with Gasteiger partial charge in [-0.2, -0.15) is 0 Å². The molecule has 0 aromatic heterocycles. The summed E-state index contributed by atoms with van der Waals surface area (Å²) in [4.78, 5) is 0. The summed E-state index contributed by atoms with van der Waals surface area (Å²) in [6, 6.07) is 5.07. The summed E-state index contributed by atoms with van der Waals surface area (Å²) >= 11 is 3.39. The Morgan fingerprint density at radius 1 is 1.60 bits per heavy atom. The summed E-state index contributed by atoms with van der Waals surface area (Å²) in [7, 11) is 0. The second-order valence-corrected chi connectivity index (χ2v) is 4.40. The average Bonchev–Trinajstić information content (AvgIpc) is 2.20. The summed E-state index contributed by atoms with van der Waals surface area (Å²) in [5, 5.41) is 3.30. The molecule has 1 atom stereocenters. The van der Waals surface area contributed by atoms with Gasteiger partial charge in [0.2, 0.25) is 0 Å². The van der Waals surface area contributed by atoms with Gasteiger partial charge in [0.15, 0.2) is 0 Å². The highest BCUT2D eigenvalue weighted by atomic mass is 79.9. The maximum atomic E-state index is 13.0. The summed E-state index contributed by atoms with van der Waals surface area (Å²) in [6.07, 6.45) is 2.78. The maximum Gasteiger partial charge on any atom is 0.123 e. The quantitative estimate of drug-likeness (QED) is 0.807. The lowest BCUT2D eigenvalue weighted by atomic mass is 10.2. The van der Waals surface area contributed by atoms with Crippen LogP contribution in [-0.4, -0.2) is 6.04 Å². The predicted molar refractivity (Wildman–Crippen MR) is 65.2 cm³/mol. The molecule has 0 radical (unpaired) electrons. The Labute approximate surface area is 98.5 Å². The molecule has 1 unspecified atom stereocenters. The van der Waals surface area contributed by atoms with Crippen molar-refractivity contribution in [1.82, 2.24) is 5.32 Å². The van der Waals surface area contributed by atoms with Gasteiger partial charge in [-0.1, -0.05) is 22.0 Å². The van der Waals surface area contributed by atoms with Crippen molar-refractivity contribution in [3.8, 4) is 0 Å². The predicted octanol–water partition coefficient (Wildman–Crippen LogP) is 3.64. The Morgan fingerprint density at radius 3 is 3.00 bits per heavy atom. The van der Waals surface area contributed by atoms with E-state index >= 15 is 0 Å². The van der Waals surface area contributed by atoms with Crippen LogP contribution in [0.4, 0.5) is 4.39 Å². The highest BCUT2D eigenvalue weighted by molar-refractivity contribution is 9.10. The van der Waals surface area contributed by atoms with Gasteiger partial charge in [-0.25, -0.2) is 4.39 Å². The molecule has 1 aromatic rings. The monoisotopic (exact) mass is 271 g/mol. The standard InChI is InChI=1S/C12H15BrFN/c1-3-4-9(2)15-8-10-7-11(14)5-6-12(10)13/h3,5-7,9,15H,1,4,8H2,2H3. The minimum Gasteiger partial charge on any atom is -0.310 e. The molecule has 0 fully saturated rings. The molecule has 15 heavy (non-hydrogen) atoms. The topological polar surface area (TPSA) is 12.0 Å². The van der Waals surface area contributed by atoms with Gasteiger partial charge in [0.05, 0.1) is 0 Å². The average molecular weight is 272 g/mol. The number of nitrogens with one attached hydrogen (secondary N) is 1. The van der Waals surface area contributed by atoms with E-state index < -0.39 is 0 Å². The number of rotatable bonds is 5. The molecular formula is C12H15BrFN. The van der Waals surface area contributed by atoms with Gasteiger partial charge in [-0.15, -0.1) is 6.58 Å². The summed E-state index contributed by atoms with van der Waals surface area (Å²) < 4.78 is 13.9. The van der Waals surface area contributed by atoms with Crippen molar-refractivity contribution in [3.05, 3.63) is 46.7 Å². The van der Waals surface area contributed by atoms with Crippen molar-refractivity contribution in [2.45, 2.75) is 25.9 Å². The lowest BCUT2D eigenvalue weighted by Crippen LogP contribution is -2.24. The van der Waals surface area contributed by atoms with Gasteiger partial charge in [0.25, 0.3) is 0 Å². The highest BCUT2D eigenvalue weighted by Gasteiger charge is 2.03. The molecule has 3 heteroatoms. The van der Waals surface area contributed by atoms with E-state index in [1.54, 1.807) is 6.07 Å². The third-order valence-corrected chi connectivity index (χ3v) is 2.94. The van der Waals surface area contributed by atoms with Crippen molar-refractivity contribution < 1.29 is 4.39 Å². The van der Waals surface area contributed by atoms with Crippen LogP contribution >= 0.6 is 15.9 Å². The molecule has 1 nitrogen and oxygen atoms in total. The SMILES string of the molecule is C=CCC(C)NCc1cc(F)ccc1Br. The minimum absolute atomic E-state index is 0.202. The van der Waals surface area contributed by atoms with E-state index in [1.165, 1.54) is 12.1 Å². The van der Waals surface area contributed by atoms with Crippen LogP contribution in [0.15, 0.2) is 35.3 Å². The second-order valence-electron chi connectivity index (χ2n) is 3.54. The lowest BCUT2D eigenvalue weighted by Gasteiger charge is -2.12. The van der Waals surface area contributed by atoms with E-state index in [0.717, 1.165) is 16.5 Å². The van der Waals surface area contributed by atoms with Crippen molar-refractivity contribution in [3.63, 3.8) is 0 Å². The van der Waals surface area contributed by atoms with Crippen LogP contribution in [-0.2, 0) is 6.54 Å². The first-order valence-corrected chi connectivity index (χ1v) is 5.71. The first-order chi connectivity index (χ1) is 7.13. The third kappa shape index (κ3) is 4.14. The van der Waals surface area contributed by atoms with Crippen LogP contribution in [0.25, 0.3) is 0 Å². The fraction of sp³-hybridized carbons (Fsp3) is 0.333. The van der Waals surface area contributed by atoms with Gasteiger partial charge in [0, 0.05) is 17.1 Å². The van der Waals surface area contributed by atoms with Crippen LogP contribution in [0, 0.1) is 5.82 Å². The van der Waals surface area contributed by atoms with Crippen molar-refractivity contribution in [2.75, 3.05) is 0 Å². The number of hydrogen-bond donors (Lipinski definition) is 1. The molecule has 1 N–H and O–H groups in total. The Bertz CT molecular complexity index is 338. The van der Waals surface area contributed by atoms with Gasteiger partial charge in [0.1, 0.15) is 5.82 Å². The summed E-state index contributed by atoms with van der Waals surface area (Å²) in [5.74, 6) is -0.202. The molecule has 0 heterocycles. The van der Waals surface area contributed by atoms with Crippen LogP contribution in [0.2, 0.25) is 0 Å². The summed E-state index contributed by atoms with van der Waals surface area (Å²) in [5.41, 5.74) is 0.936. The number of benzene rings is 1. The molecule has 0 aliphatic carbocycles. The van der Waals surface area contributed by atoms with Gasteiger partial charge in [-0.05, 0) is 37.1 Å². The van der Waals surface area contributed by atoms with Crippen molar-refractivity contribution >= 4 is 15.9 Å². The second kappa shape index (κ2) is 6.03. The summed E-state index contributed by atoms with van der Waals surface area (Å²) in [6.45, 7) is 6.42. The normalized spacial score (nSPS) is 12.5.